The van der Waals surface area contributed by atoms with Crippen LogP contribution in [0.1, 0.15) is 36.5 Å². The van der Waals surface area contributed by atoms with E-state index in [1.165, 1.54) is 22.9 Å². The summed E-state index contributed by atoms with van der Waals surface area (Å²) in [5.74, 6) is 0.578. The first-order valence-electron chi connectivity index (χ1n) is 10.4. The van der Waals surface area contributed by atoms with Gasteiger partial charge in [0.2, 0.25) is 5.91 Å². The molecule has 1 amide bonds. The Morgan fingerprint density at radius 1 is 1.10 bits per heavy atom. The number of carbonyl (C=O) groups is 1. The molecule has 4 aromatic rings. The highest BCUT2D eigenvalue weighted by molar-refractivity contribution is 8.00. The van der Waals surface area contributed by atoms with E-state index >= 15 is 0 Å². The lowest BCUT2D eigenvalue weighted by molar-refractivity contribution is -0.113. The van der Waals surface area contributed by atoms with Crippen LogP contribution in [0.4, 0.5) is 5.69 Å². The fourth-order valence-corrected chi connectivity index (χ4v) is 4.26. The Morgan fingerprint density at radius 3 is 2.68 bits per heavy atom. The number of hydrogen-bond donors (Lipinski definition) is 1. The van der Waals surface area contributed by atoms with Crippen molar-refractivity contribution in [3.63, 3.8) is 0 Å². The summed E-state index contributed by atoms with van der Waals surface area (Å²) in [6.45, 7) is 8.45. The average Bonchev–Trinajstić information content (AvgIpc) is 3.19. The number of fused-ring (bicyclic) bond motifs is 1. The molecule has 0 unspecified atom stereocenters. The predicted molar refractivity (Wildman–Crippen MR) is 128 cm³/mol. The monoisotopic (exact) mass is 430 g/mol. The van der Waals surface area contributed by atoms with E-state index in [9.17, 15) is 4.79 Å². The number of benzene rings is 2. The van der Waals surface area contributed by atoms with Crippen molar-refractivity contribution >= 4 is 28.9 Å². The third-order valence-electron chi connectivity index (χ3n) is 5.35. The minimum Gasteiger partial charge on any atom is -0.325 e. The van der Waals surface area contributed by atoms with Gasteiger partial charge in [0, 0.05) is 23.6 Å². The number of nitrogens with zero attached hydrogens (tertiary/aromatic N) is 3. The van der Waals surface area contributed by atoms with Crippen molar-refractivity contribution in [3.8, 4) is 11.3 Å². The highest BCUT2D eigenvalue weighted by Gasteiger charge is 2.13. The van der Waals surface area contributed by atoms with E-state index in [0.717, 1.165) is 33.1 Å². The molecule has 0 atom stereocenters. The summed E-state index contributed by atoms with van der Waals surface area (Å²) in [7, 11) is 0. The van der Waals surface area contributed by atoms with Crippen LogP contribution >= 0.6 is 11.8 Å². The zero-order valence-electron chi connectivity index (χ0n) is 18.2. The van der Waals surface area contributed by atoms with Crippen molar-refractivity contribution in [1.82, 2.24) is 14.6 Å². The highest BCUT2D eigenvalue weighted by atomic mass is 32.2. The van der Waals surface area contributed by atoms with Crippen LogP contribution in [0.25, 0.3) is 16.8 Å². The van der Waals surface area contributed by atoms with E-state index in [0.29, 0.717) is 5.92 Å². The highest BCUT2D eigenvalue weighted by Crippen LogP contribution is 2.28. The molecule has 5 nitrogen and oxygen atoms in total. The van der Waals surface area contributed by atoms with Gasteiger partial charge in [-0.15, -0.1) is 0 Å². The number of anilines is 1. The van der Waals surface area contributed by atoms with Gasteiger partial charge in [0.05, 0.1) is 17.0 Å². The Bertz CT molecular complexity index is 1250. The van der Waals surface area contributed by atoms with Gasteiger partial charge in [0.15, 0.2) is 0 Å². The van der Waals surface area contributed by atoms with Crippen LogP contribution < -0.4 is 5.32 Å². The van der Waals surface area contributed by atoms with Gasteiger partial charge in [-0.3, -0.25) is 4.79 Å². The number of nitrogens with one attached hydrogen (secondary N) is 1. The Hall–Kier alpha value is -3.12. The van der Waals surface area contributed by atoms with Gasteiger partial charge >= 0.3 is 0 Å². The molecule has 0 spiro atoms. The molecule has 0 radical (unpaired) electrons. The molecular formula is C25H26N4OS. The molecule has 0 saturated heterocycles. The predicted octanol–water partition coefficient (Wildman–Crippen LogP) is 5.87. The summed E-state index contributed by atoms with van der Waals surface area (Å²) in [5.41, 5.74) is 7.37. The maximum absolute atomic E-state index is 12.6. The van der Waals surface area contributed by atoms with Crippen LogP contribution in [0, 0.1) is 13.8 Å². The second kappa shape index (κ2) is 8.94. The number of carbonyl (C=O) groups excluding carboxylic acids is 1. The van der Waals surface area contributed by atoms with E-state index in [1.807, 2.05) is 35.0 Å². The Balaban J connectivity index is 1.52. The van der Waals surface area contributed by atoms with Crippen LogP contribution in [0.3, 0.4) is 0 Å². The van der Waals surface area contributed by atoms with Crippen molar-refractivity contribution in [2.75, 3.05) is 11.1 Å². The summed E-state index contributed by atoms with van der Waals surface area (Å²) in [5, 5.41) is 8.54. The van der Waals surface area contributed by atoms with Crippen molar-refractivity contribution < 1.29 is 4.79 Å². The summed E-state index contributed by atoms with van der Waals surface area (Å²) in [6, 6.07) is 16.3. The fraction of sp³-hybridized carbons (Fsp3) is 0.240. The second-order valence-electron chi connectivity index (χ2n) is 7.97. The molecule has 0 aliphatic rings. The van der Waals surface area contributed by atoms with Crippen molar-refractivity contribution in [2.45, 2.75) is 38.6 Å². The lowest BCUT2D eigenvalue weighted by atomic mass is 10.0. The summed E-state index contributed by atoms with van der Waals surface area (Å²) >= 11 is 1.42. The molecule has 0 aliphatic heterocycles. The van der Waals surface area contributed by atoms with E-state index in [1.54, 1.807) is 6.20 Å². The summed E-state index contributed by atoms with van der Waals surface area (Å²) < 4.78 is 1.83. The van der Waals surface area contributed by atoms with E-state index in [2.05, 4.69) is 62.3 Å². The second-order valence-corrected chi connectivity index (χ2v) is 8.93. The van der Waals surface area contributed by atoms with Gasteiger partial charge in [0.25, 0.3) is 0 Å². The van der Waals surface area contributed by atoms with Gasteiger partial charge in [-0.2, -0.15) is 5.10 Å². The maximum atomic E-state index is 12.6. The molecule has 2 aromatic heterocycles. The van der Waals surface area contributed by atoms with Gasteiger partial charge in [-0.05, 0) is 54.7 Å². The van der Waals surface area contributed by atoms with E-state index in [4.69, 9.17) is 5.10 Å². The normalized spacial score (nSPS) is 11.3. The topological polar surface area (TPSA) is 59.3 Å². The quantitative estimate of drug-likeness (QED) is 0.389. The molecule has 2 heterocycles. The zero-order valence-corrected chi connectivity index (χ0v) is 19.0. The van der Waals surface area contributed by atoms with Crippen LogP contribution in [0.15, 0.2) is 66.0 Å². The van der Waals surface area contributed by atoms with Crippen LogP contribution in [-0.4, -0.2) is 26.3 Å². The smallest absolute Gasteiger partial charge is 0.234 e. The number of para-hydroxylation sites is 1. The lowest BCUT2D eigenvalue weighted by Gasteiger charge is -2.13. The standard InChI is InChI=1S/C25H26N4OS/c1-16(2)20-7-5-6-8-21(20)27-24(30)15-31-25-23-14-22(28-29(23)12-11-26-25)19-10-9-17(3)18(4)13-19/h5-14,16H,15H2,1-4H3,(H,27,30). The maximum Gasteiger partial charge on any atom is 0.234 e. The molecule has 1 N–H and O–H groups in total. The first kappa shape index (κ1) is 21.1. The first-order chi connectivity index (χ1) is 14.9. The molecular weight excluding hydrogens is 404 g/mol. The molecule has 158 valence electrons. The van der Waals surface area contributed by atoms with Crippen LogP contribution in [0.5, 0.6) is 0 Å². The van der Waals surface area contributed by atoms with Crippen molar-refractivity contribution in [2.24, 2.45) is 0 Å². The van der Waals surface area contributed by atoms with Gasteiger partial charge in [0.1, 0.15) is 5.03 Å². The molecule has 6 heteroatoms. The molecule has 0 saturated carbocycles. The molecule has 2 aromatic carbocycles. The summed E-state index contributed by atoms with van der Waals surface area (Å²) in [6.07, 6.45) is 3.56. The van der Waals surface area contributed by atoms with Crippen LogP contribution in [-0.2, 0) is 4.79 Å². The third kappa shape index (κ3) is 4.64. The number of hydrogen-bond acceptors (Lipinski definition) is 4. The Labute approximate surface area is 186 Å². The zero-order chi connectivity index (χ0) is 22.0. The van der Waals surface area contributed by atoms with Gasteiger partial charge in [-0.1, -0.05) is 55.9 Å². The van der Waals surface area contributed by atoms with Gasteiger partial charge < -0.3 is 5.32 Å². The Kier molecular flexibility index (Phi) is 6.09. The minimum absolute atomic E-state index is 0.0456. The molecule has 0 bridgehead atoms. The van der Waals surface area contributed by atoms with Crippen molar-refractivity contribution in [1.29, 1.82) is 0 Å². The molecule has 31 heavy (non-hydrogen) atoms. The van der Waals surface area contributed by atoms with Gasteiger partial charge in [-0.25, -0.2) is 9.50 Å². The number of aromatic nitrogens is 3. The Morgan fingerprint density at radius 2 is 1.90 bits per heavy atom. The summed E-state index contributed by atoms with van der Waals surface area (Å²) in [4.78, 5) is 17.1. The fourth-order valence-electron chi connectivity index (χ4n) is 3.49. The minimum atomic E-state index is -0.0456. The number of aryl methyl sites for hydroxylation is 2. The number of thioether (sulfide) groups is 1. The molecule has 0 aliphatic carbocycles. The first-order valence-corrected chi connectivity index (χ1v) is 11.3. The largest absolute Gasteiger partial charge is 0.325 e. The molecule has 4 rings (SSSR count). The SMILES string of the molecule is Cc1ccc(-c2cc3c(SCC(=O)Nc4ccccc4C(C)C)nccn3n2)cc1C. The lowest BCUT2D eigenvalue weighted by Crippen LogP contribution is -2.15. The van der Waals surface area contributed by atoms with Crippen molar-refractivity contribution in [3.05, 3.63) is 77.6 Å². The number of amides is 1. The molecule has 0 fully saturated rings. The van der Waals surface area contributed by atoms with Crippen LogP contribution in [0.2, 0.25) is 0 Å². The van der Waals surface area contributed by atoms with E-state index in [-0.39, 0.29) is 11.7 Å². The average molecular weight is 431 g/mol. The van der Waals surface area contributed by atoms with E-state index < -0.39 is 0 Å². The third-order valence-corrected chi connectivity index (χ3v) is 6.35. The number of rotatable bonds is 6.